The third kappa shape index (κ3) is 3.28. The van der Waals surface area contributed by atoms with Crippen molar-refractivity contribution in [2.45, 2.75) is 5.16 Å². The number of hydrogen-bond acceptors (Lipinski definition) is 4. The van der Waals surface area contributed by atoms with E-state index in [-0.39, 0.29) is 16.6 Å². The van der Waals surface area contributed by atoms with E-state index in [1.165, 1.54) is 10.6 Å². The van der Waals surface area contributed by atoms with Crippen LogP contribution < -0.4 is 5.73 Å². The Morgan fingerprint density at radius 2 is 1.88 bits per heavy atom. The van der Waals surface area contributed by atoms with Crippen LogP contribution in [0.15, 0.2) is 53.7 Å². The van der Waals surface area contributed by atoms with Crippen molar-refractivity contribution in [2.75, 3.05) is 5.75 Å². The summed E-state index contributed by atoms with van der Waals surface area (Å²) in [5.74, 6) is -1.62. The fourth-order valence-electron chi connectivity index (χ4n) is 2.15. The summed E-state index contributed by atoms with van der Waals surface area (Å²) in [4.78, 5) is 11.0. The van der Waals surface area contributed by atoms with E-state index in [4.69, 9.17) is 5.73 Å². The zero-order chi connectivity index (χ0) is 17.1. The van der Waals surface area contributed by atoms with Crippen LogP contribution in [0.25, 0.3) is 17.1 Å². The number of rotatable bonds is 5. The van der Waals surface area contributed by atoms with Gasteiger partial charge in [0.05, 0.1) is 11.4 Å². The van der Waals surface area contributed by atoms with Crippen LogP contribution in [0.4, 0.5) is 8.78 Å². The van der Waals surface area contributed by atoms with E-state index in [0.717, 1.165) is 23.9 Å². The van der Waals surface area contributed by atoms with Gasteiger partial charge in [-0.05, 0) is 12.1 Å². The molecule has 3 rings (SSSR count). The molecular formula is C16H12F2N4OS. The Kier molecular flexibility index (Phi) is 4.57. The molecule has 5 nitrogen and oxygen atoms in total. The molecule has 2 aromatic carbocycles. The number of amides is 1. The van der Waals surface area contributed by atoms with Gasteiger partial charge in [-0.25, -0.2) is 8.78 Å². The molecule has 1 aromatic heterocycles. The molecule has 0 bridgehead atoms. The molecule has 0 spiro atoms. The molecule has 8 heteroatoms. The Morgan fingerprint density at radius 3 is 2.54 bits per heavy atom. The molecule has 0 saturated heterocycles. The van der Waals surface area contributed by atoms with Crippen molar-refractivity contribution < 1.29 is 13.6 Å². The van der Waals surface area contributed by atoms with E-state index >= 15 is 0 Å². The summed E-state index contributed by atoms with van der Waals surface area (Å²) in [5, 5.41) is 8.39. The second-order valence-electron chi connectivity index (χ2n) is 4.86. The summed E-state index contributed by atoms with van der Waals surface area (Å²) in [5.41, 5.74) is 5.95. The maximum atomic E-state index is 14.3. The number of halogens is 2. The van der Waals surface area contributed by atoms with Gasteiger partial charge >= 0.3 is 0 Å². The summed E-state index contributed by atoms with van der Waals surface area (Å²) in [6, 6.07) is 12.3. The lowest BCUT2D eigenvalue weighted by molar-refractivity contribution is -0.115. The average molecular weight is 346 g/mol. The summed E-state index contributed by atoms with van der Waals surface area (Å²) in [6.07, 6.45) is 0. The van der Waals surface area contributed by atoms with Gasteiger partial charge in [0.1, 0.15) is 11.6 Å². The topological polar surface area (TPSA) is 73.8 Å². The number of hydrogen-bond donors (Lipinski definition) is 1. The van der Waals surface area contributed by atoms with Crippen LogP contribution in [0, 0.1) is 11.6 Å². The number of nitrogens with two attached hydrogens (primary N) is 1. The molecule has 0 unspecified atom stereocenters. The van der Waals surface area contributed by atoms with E-state index < -0.39 is 17.5 Å². The molecule has 0 aliphatic carbocycles. The molecule has 0 saturated carbocycles. The van der Waals surface area contributed by atoms with Gasteiger partial charge in [-0.15, -0.1) is 10.2 Å². The first-order valence-corrected chi connectivity index (χ1v) is 7.92. The molecule has 0 aliphatic rings. The van der Waals surface area contributed by atoms with Gasteiger partial charge in [-0.2, -0.15) is 0 Å². The minimum absolute atomic E-state index is 0.0320. The number of thioether (sulfide) groups is 1. The van der Waals surface area contributed by atoms with Crippen LogP contribution in [0.3, 0.4) is 0 Å². The molecule has 1 amide bonds. The van der Waals surface area contributed by atoms with E-state index in [0.29, 0.717) is 11.4 Å². The minimum Gasteiger partial charge on any atom is -0.369 e. The van der Waals surface area contributed by atoms with Gasteiger partial charge in [0, 0.05) is 11.6 Å². The fraction of sp³-hybridized carbons (Fsp3) is 0.0625. The molecule has 2 N–H and O–H groups in total. The van der Waals surface area contributed by atoms with E-state index in [2.05, 4.69) is 10.2 Å². The molecule has 24 heavy (non-hydrogen) atoms. The predicted octanol–water partition coefficient (Wildman–Crippen LogP) is 2.79. The third-order valence-corrected chi connectivity index (χ3v) is 4.11. The number of aromatic nitrogens is 3. The van der Waals surface area contributed by atoms with Crippen LogP contribution in [0.2, 0.25) is 0 Å². The zero-order valence-corrected chi connectivity index (χ0v) is 13.1. The summed E-state index contributed by atoms with van der Waals surface area (Å²) >= 11 is 1.03. The highest BCUT2D eigenvalue weighted by atomic mass is 32.2. The molecule has 122 valence electrons. The monoisotopic (exact) mass is 346 g/mol. The molecule has 3 aromatic rings. The molecule has 0 radical (unpaired) electrons. The van der Waals surface area contributed by atoms with Gasteiger partial charge in [0.15, 0.2) is 11.0 Å². The molecule has 1 heterocycles. The van der Waals surface area contributed by atoms with Gasteiger partial charge < -0.3 is 5.73 Å². The Morgan fingerprint density at radius 1 is 1.12 bits per heavy atom. The smallest absolute Gasteiger partial charge is 0.227 e. The maximum absolute atomic E-state index is 14.3. The van der Waals surface area contributed by atoms with Crippen molar-refractivity contribution in [3.63, 3.8) is 0 Å². The van der Waals surface area contributed by atoms with E-state index in [9.17, 15) is 13.6 Å². The largest absolute Gasteiger partial charge is 0.369 e. The van der Waals surface area contributed by atoms with Crippen LogP contribution >= 0.6 is 11.8 Å². The van der Waals surface area contributed by atoms with Gasteiger partial charge in [-0.3, -0.25) is 9.36 Å². The van der Waals surface area contributed by atoms with Crippen LogP contribution in [-0.4, -0.2) is 26.4 Å². The Hall–Kier alpha value is -2.74. The Bertz CT molecular complexity index is 883. The van der Waals surface area contributed by atoms with E-state index in [1.54, 1.807) is 12.1 Å². The second-order valence-corrected chi connectivity index (χ2v) is 5.80. The molecule has 0 fully saturated rings. The van der Waals surface area contributed by atoms with Gasteiger partial charge in [0.2, 0.25) is 5.91 Å². The Labute approximate surface area is 140 Å². The van der Waals surface area contributed by atoms with Gasteiger partial charge in [-0.1, -0.05) is 42.1 Å². The van der Waals surface area contributed by atoms with Crippen molar-refractivity contribution in [1.29, 1.82) is 0 Å². The lowest BCUT2D eigenvalue weighted by atomic mass is 10.2. The first kappa shape index (κ1) is 16.1. The first-order valence-electron chi connectivity index (χ1n) is 6.93. The minimum atomic E-state index is -0.757. The molecular weight excluding hydrogens is 334 g/mol. The lowest BCUT2D eigenvalue weighted by Gasteiger charge is -2.11. The SMILES string of the molecule is NC(=O)CSc1nnc(-c2ccccc2)n1-c1ccc(F)cc1F. The maximum Gasteiger partial charge on any atom is 0.227 e. The second kappa shape index (κ2) is 6.79. The van der Waals surface area contributed by atoms with Crippen molar-refractivity contribution >= 4 is 17.7 Å². The first-order chi connectivity index (χ1) is 11.6. The van der Waals surface area contributed by atoms with Crippen molar-refractivity contribution in [2.24, 2.45) is 5.73 Å². The predicted molar refractivity (Wildman–Crippen MR) is 86.6 cm³/mol. The highest BCUT2D eigenvalue weighted by molar-refractivity contribution is 7.99. The van der Waals surface area contributed by atoms with Gasteiger partial charge in [0.25, 0.3) is 0 Å². The molecule has 0 aliphatic heterocycles. The van der Waals surface area contributed by atoms with Crippen LogP contribution in [0.5, 0.6) is 0 Å². The number of carbonyl (C=O) groups excluding carboxylic acids is 1. The highest BCUT2D eigenvalue weighted by Gasteiger charge is 2.19. The number of carbonyl (C=O) groups is 1. The number of primary amides is 1. The van der Waals surface area contributed by atoms with E-state index in [1.807, 2.05) is 18.2 Å². The van der Waals surface area contributed by atoms with Crippen molar-refractivity contribution in [1.82, 2.24) is 14.8 Å². The van der Waals surface area contributed by atoms with Crippen molar-refractivity contribution in [3.8, 4) is 17.1 Å². The molecule has 0 atom stereocenters. The quantitative estimate of drug-likeness (QED) is 0.721. The average Bonchev–Trinajstić information content (AvgIpc) is 2.97. The summed E-state index contributed by atoms with van der Waals surface area (Å²) in [7, 11) is 0. The third-order valence-electron chi connectivity index (χ3n) is 3.16. The van der Waals surface area contributed by atoms with Crippen LogP contribution in [-0.2, 0) is 4.79 Å². The zero-order valence-electron chi connectivity index (χ0n) is 12.3. The highest BCUT2D eigenvalue weighted by Crippen LogP contribution is 2.29. The number of benzene rings is 2. The normalized spacial score (nSPS) is 10.8. The summed E-state index contributed by atoms with van der Waals surface area (Å²) in [6.45, 7) is 0. The van der Waals surface area contributed by atoms with Crippen LogP contribution in [0.1, 0.15) is 0 Å². The number of nitrogens with zero attached hydrogens (tertiary/aromatic N) is 3. The van der Waals surface area contributed by atoms with Crippen molar-refractivity contribution in [3.05, 3.63) is 60.2 Å². The lowest BCUT2D eigenvalue weighted by Crippen LogP contribution is -2.14. The standard InChI is InChI=1S/C16H12F2N4OS/c17-11-6-7-13(12(18)8-11)22-15(10-4-2-1-3-5-10)20-21-16(22)24-9-14(19)23/h1-8H,9H2,(H2,19,23). The fourth-order valence-corrected chi connectivity index (χ4v) is 2.84. The summed E-state index contributed by atoms with van der Waals surface area (Å²) < 4.78 is 28.9. The Balaban J connectivity index is 2.15.